The summed E-state index contributed by atoms with van der Waals surface area (Å²) in [5.41, 5.74) is 0. The van der Waals surface area contributed by atoms with Gasteiger partial charge < -0.3 is 17.7 Å². The fourth-order valence-corrected chi connectivity index (χ4v) is 10.7. The van der Waals surface area contributed by atoms with Gasteiger partial charge >= 0.3 is 9.05 Å². The molecule has 264 valence electrons. The molecule has 0 aliphatic heterocycles. The third-order valence-corrected chi connectivity index (χ3v) is 16.4. The molecule has 4 aromatic carbocycles. The Labute approximate surface area is 377 Å². The highest BCUT2D eigenvalue weighted by Crippen LogP contribution is 2.55. The maximum atomic E-state index is 6.53. The summed E-state index contributed by atoms with van der Waals surface area (Å²) < 4.78 is 24.9. The molecule has 0 atom stereocenters. The van der Waals surface area contributed by atoms with E-state index in [1.807, 2.05) is 0 Å². The first-order valence-corrected chi connectivity index (χ1v) is 20.6. The molecule has 25 heteroatoms. The Morgan fingerprint density at radius 1 is 0.184 bits per heavy atom. The summed E-state index contributed by atoms with van der Waals surface area (Å²) in [6.45, 7) is 0. The molecule has 0 aromatic heterocycles. The number of hydrogen-bond donors (Lipinski definition) is 0. The molecule has 0 aliphatic carbocycles. The van der Waals surface area contributed by atoms with Gasteiger partial charge in [0, 0.05) is 0 Å². The first-order chi connectivity index (χ1) is 22.6. The number of halogens is 20. The normalized spacial score (nSPS) is 11.7. The summed E-state index contributed by atoms with van der Waals surface area (Å²) in [7, 11) is -5.58. The Balaban J connectivity index is 2.21. The second-order valence-corrected chi connectivity index (χ2v) is 17.9. The van der Waals surface area contributed by atoms with E-state index in [9.17, 15) is 0 Å². The largest absolute Gasteiger partial charge is 0.967 e. The van der Waals surface area contributed by atoms with Crippen molar-refractivity contribution in [2.24, 2.45) is 0 Å². The summed E-state index contributed by atoms with van der Waals surface area (Å²) in [6, 6.07) is 0. The van der Waals surface area contributed by atoms with Crippen LogP contribution in [0, 0.1) is 0 Å². The van der Waals surface area contributed by atoms with Gasteiger partial charge in [-0.05, 0) is 0 Å². The maximum Gasteiger partial charge on any atom is 0.967 e. The molecule has 0 fully saturated rings. The third kappa shape index (κ3) is 8.31. The van der Waals surface area contributed by atoms with Gasteiger partial charge in [0.15, 0.2) is 23.0 Å². The SMILES string of the molecule is Clc1c(Cl)c(Cl)c(O[Si](Oc2c(Cl)c(Cl)c(Cl)c(Cl)c2Cl)(Oc2c(Cl)c(Cl)c(Cl)c(Cl)c2Cl)Oc2c(Cl)c(Cl)c(Cl)c(Cl)c2Cl)c(Cl)c1Cl. The van der Waals surface area contributed by atoms with E-state index in [1.165, 1.54) is 0 Å². The first kappa shape index (κ1) is 43.8. The van der Waals surface area contributed by atoms with E-state index in [0.717, 1.165) is 0 Å². The standard InChI is InChI=1S/C24Cl20O4Si/c25-1-5(29)13(37)21(14(38)6(1)30)45-49(46-22-15(39)7(31)2(26)8(32)16(22)40,47-23-17(41)9(33)3(27)10(34)18(23)42)48-24-19(43)11(35)4(28)12(36)20(24)44. The van der Waals surface area contributed by atoms with E-state index < -0.39 is 72.2 Å². The molecule has 4 nitrogen and oxygen atoms in total. The maximum absolute atomic E-state index is 6.53. The number of benzene rings is 4. The van der Waals surface area contributed by atoms with Gasteiger partial charge in [-0.1, -0.05) is 232 Å². The van der Waals surface area contributed by atoms with Gasteiger partial charge in [-0.25, -0.2) is 0 Å². The van der Waals surface area contributed by atoms with Crippen LogP contribution < -0.4 is 17.7 Å². The van der Waals surface area contributed by atoms with Crippen LogP contribution >= 0.6 is 232 Å². The average Bonchev–Trinajstić information content (AvgIpc) is 3.08. The topological polar surface area (TPSA) is 36.9 Å². The van der Waals surface area contributed by atoms with Gasteiger partial charge in [-0.3, -0.25) is 0 Å². The fourth-order valence-electron chi connectivity index (χ4n) is 3.32. The van der Waals surface area contributed by atoms with Gasteiger partial charge in [0.05, 0.1) is 60.3 Å². The minimum atomic E-state index is -5.58. The molecule has 0 unspecified atom stereocenters. The van der Waals surface area contributed by atoms with Crippen molar-refractivity contribution in [1.82, 2.24) is 0 Å². The van der Waals surface area contributed by atoms with Crippen molar-refractivity contribution in [2.45, 2.75) is 0 Å². The summed E-state index contributed by atoms with van der Waals surface area (Å²) >= 11 is 128. The number of rotatable bonds is 8. The van der Waals surface area contributed by atoms with Crippen LogP contribution in [0.2, 0.25) is 100 Å². The van der Waals surface area contributed by atoms with Crippen molar-refractivity contribution in [3.05, 3.63) is 100 Å². The Hall–Kier alpha value is 2.10. The summed E-state index contributed by atoms with van der Waals surface area (Å²) in [5, 5.41) is -7.65. The van der Waals surface area contributed by atoms with E-state index in [-0.39, 0.29) is 60.3 Å². The average molecular weight is 1090 g/mol. The van der Waals surface area contributed by atoms with Crippen LogP contribution in [0.25, 0.3) is 0 Å². The summed E-state index contributed by atoms with van der Waals surface area (Å²) in [6.07, 6.45) is 0. The van der Waals surface area contributed by atoms with E-state index in [0.29, 0.717) is 0 Å². The molecular formula is C24Cl20O4Si. The van der Waals surface area contributed by atoms with E-state index in [2.05, 4.69) is 0 Å². The minimum Gasteiger partial charge on any atom is -0.449 e. The van der Waals surface area contributed by atoms with Crippen LogP contribution in [0.5, 0.6) is 23.0 Å². The van der Waals surface area contributed by atoms with Crippen molar-refractivity contribution < 1.29 is 17.7 Å². The van der Waals surface area contributed by atoms with Crippen molar-refractivity contribution >= 4 is 241 Å². The predicted molar refractivity (Wildman–Crippen MR) is 214 cm³/mol. The van der Waals surface area contributed by atoms with Crippen LogP contribution in [0.3, 0.4) is 0 Å². The smallest absolute Gasteiger partial charge is 0.449 e. The Kier molecular flexibility index (Phi) is 15.3. The molecule has 4 rings (SSSR count). The van der Waals surface area contributed by atoms with Gasteiger partial charge in [-0.15, -0.1) is 0 Å². The lowest BCUT2D eigenvalue weighted by atomic mass is 10.3. The zero-order valence-corrected chi connectivity index (χ0v) is 37.8. The van der Waals surface area contributed by atoms with Gasteiger partial charge in [-0.2, -0.15) is 0 Å². The fraction of sp³-hybridized carbons (Fsp3) is 0. The van der Waals surface area contributed by atoms with Crippen molar-refractivity contribution in [1.29, 1.82) is 0 Å². The predicted octanol–water partition coefficient (Wildman–Crippen LogP) is 18.8. The molecule has 49 heavy (non-hydrogen) atoms. The van der Waals surface area contributed by atoms with Crippen molar-refractivity contribution in [2.75, 3.05) is 0 Å². The van der Waals surface area contributed by atoms with Gasteiger partial charge in [0.2, 0.25) is 0 Å². The lowest BCUT2D eigenvalue weighted by molar-refractivity contribution is 0.161. The van der Waals surface area contributed by atoms with Crippen molar-refractivity contribution in [3.63, 3.8) is 0 Å². The van der Waals surface area contributed by atoms with E-state index >= 15 is 0 Å². The zero-order valence-electron chi connectivity index (χ0n) is 21.7. The molecule has 0 spiro atoms. The van der Waals surface area contributed by atoms with E-state index in [4.69, 9.17) is 250 Å². The highest BCUT2D eigenvalue weighted by Gasteiger charge is 2.62. The van der Waals surface area contributed by atoms with Crippen LogP contribution in [0.4, 0.5) is 0 Å². The minimum absolute atomic E-state index is 0.271. The molecule has 0 saturated carbocycles. The quantitative estimate of drug-likeness (QED) is 0.100. The molecule has 0 aliphatic rings. The molecule has 0 saturated heterocycles. The molecular weight excluding hydrogens is 1090 g/mol. The van der Waals surface area contributed by atoms with Crippen LogP contribution in [0.1, 0.15) is 0 Å². The van der Waals surface area contributed by atoms with Gasteiger partial charge in [0.1, 0.15) is 40.2 Å². The molecule has 0 heterocycles. The molecule has 4 aromatic rings. The highest BCUT2D eigenvalue weighted by molar-refractivity contribution is 6.64. The molecule has 0 amide bonds. The first-order valence-electron chi connectivity index (χ1n) is 11.4. The van der Waals surface area contributed by atoms with Crippen LogP contribution in [0.15, 0.2) is 0 Å². The molecule has 0 N–H and O–H groups in total. The Morgan fingerprint density at radius 2 is 0.286 bits per heavy atom. The van der Waals surface area contributed by atoms with Crippen LogP contribution in [-0.4, -0.2) is 9.05 Å². The zero-order chi connectivity index (χ0) is 37.2. The Bertz CT molecular complexity index is 1650. The second kappa shape index (κ2) is 17.1. The second-order valence-electron chi connectivity index (χ2n) is 8.50. The molecule has 0 radical (unpaired) electrons. The van der Waals surface area contributed by atoms with Crippen LogP contribution in [-0.2, 0) is 0 Å². The van der Waals surface area contributed by atoms with Crippen molar-refractivity contribution in [3.8, 4) is 23.0 Å². The summed E-state index contributed by atoms with van der Waals surface area (Å²) in [5.74, 6) is -2.37. The Morgan fingerprint density at radius 3 is 0.408 bits per heavy atom. The lowest BCUT2D eigenvalue weighted by Crippen LogP contribution is -2.61. The lowest BCUT2D eigenvalue weighted by Gasteiger charge is -2.31. The summed E-state index contributed by atoms with van der Waals surface area (Å²) in [4.78, 5) is 0. The monoisotopic (exact) mass is 1080 g/mol. The highest BCUT2D eigenvalue weighted by atomic mass is 35.5. The van der Waals surface area contributed by atoms with Gasteiger partial charge in [0.25, 0.3) is 0 Å². The van der Waals surface area contributed by atoms with E-state index in [1.54, 1.807) is 0 Å². The molecule has 0 bridgehead atoms. The third-order valence-electron chi connectivity index (χ3n) is 5.59. The number of hydrogen-bond acceptors (Lipinski definition) is 4.